The van der Waals surface area contributed by atoms with Gasteiger partial charge in [0.1, 0.15) is 0 Å². The first-order chi connectivity index (χ1) is 14.0. The highest BCUT2D eigenvalue weighted by Gasteiger charge is 2.65. The average Bonchev–Trinajstić information content (AvgIpc) is 3.35. The molecule has 1 aliphatic heterocycles. The summed E-state index contributed by atoms with van der Waals surface area (Å²) in [5.41, 5.74) is 0.323. The summed E-state index contributed by atoms with van der Waals surface area (Å²) in [6.07, 6.45) is 11.0. The van der Waals surface area contributed by atoms with Crippen molar-refractivity contribution < 1.29 is 9.53 Å². The molecule has 7 heteroatoms. The Bertz CT molecular complexity index is 620. The lowest BCUT2D eigenvalue weighted by molar-refractivity contribution is -0.126. The summed E-state index contributed by atoms with van der Waals surface area (Å²) in [5, 5.41) is 10.6. The van der Waals surface area contributed by atoms with E-state index < -0.39 is 0 Å². The van der Waals surface area contributed by atoms with E-state index in [0.717, 1.165) is 44.8 Å². The van der Waals surface area contributed by atoms with Crippen LogP contribution in [0.2, 0.25) is 0 Å². The Morgan fingerprint density at radius 1 is 1.13 bits per heavy atom. The van der Waals surface area contributed by atoms with Gasteiger partial charge in [-0.2, -0.15) is 0 Å². The lowest BCUT2D eigenvalue weighted by Crippen LogP contribution is -2.69. The standard InChI is InChI=1S/C23H40N4O2.HI/c1-4-24-22(26-17-9-7-8-16(14-17)21(28)25-15(2)3)27-19-18-10-13-29-20(18)23(19)11-5-6-12-23;/h15-20H,4-14H2,1-3H3,(H,25,28)(H2,24,26,27);1H. The number of nitrogens with zero attached hydrogens (tertiary/aromatic N) is 1. The van der Waals surface area contributed by atoms with E-state index in [1.165, 1.54) is 32.1 Å². The summed E-state index contributed by atoms with van der Waals surface area (Å²) < 4.78 is 6.14. The van der Waals surface area contributed by atoms with Crippen molar-refractivity contribution in [3.05, 3.63) is 0 Å². The molecule has 0 radical (unpaired) electrons. The summed E-state index contributed by atoms with van der Waals surface area (Å²) >= 11 is 0. The van der Waals surface area contributed by atoms with Crippen molar-refractivity contribution in [2.24, 2.45) is 22.2 Å². The molecular weight excluding hydrogens is 491 g/mol. The van der Waals surface area contributed by atoms with Crippen molar-refractivity contribution in [3.63, 3.8) is 0 Å². The highest BCUT2D eigenvalue weighted by molar-refractivity contribution is 14.0. The number of ether oxygens (including phenoxy) is 1. The van der Waals surface area contributed by atoms with Gasteiger partial charge in [0, 0.05) is 48.5 Å². The Morgan fingerprint density at radius 2 is 1.90 bits per heavy atom. The smallest absolute Gasteiger partial charge is 0.223 e. The van der Waals surface area contributed by atoms with Crippen molar-refractivity contribution in [2.45, 2.75) is 103 Å². The van der Waals surface area contributed by atoms with Gasteiger partial charge in [-0.25, -0.2) is 0 Å². The van der Waals surface area contributed by atoms with Crippen molar-refractivity contribution in [2.75, 3.05) is 13.2 Å². The first kappa shape index (κ1) is 24.1. The number of aliphatic imine (C=N–C) groups is 1. The normalized spacial score (nSPS) is 34.8. The predicted molar refractivity (Wildman–Crippen MR) is 131 cm³/mol. The molecule has 5 unspecified atom stereocenters. The van der Waals surface area contributed by atoms with E-state index in [9.17, 15) is 4.79 Å². The summed E-state index contributed by atoms with van der Waals surface area (Å²) in [4.78, 5) is 17.3. The van der Waals surface area contributed by atoms with Crippen LogP contribution in [0.15, 0.2) is 4.99 Å². The number of fused-ring (bicyclic) bond motifs is 2. The number of carbonyl (C=O) groups excluding carboxylic acids is 1. The number of amides is 1. The minimum Gasteiger partial charge on any atom is -0.377 e. The van der Waals surface area contributed by atoms with E-state index in [1.807, 2.05) is 13.8 Å². The molecule has 6 nitrogen and oxygen atoms in total. The molecule has 0 aromatic carbocycles. The summed E-state index contributed by atoms with van der Waals surface area (Å²) in [7, 11) is 0. The number of guanidine groups is 1. The van der Waals surface area contributed by atoms with Crippen LogP contribution in [0.3, 0.4) is 0 Å². The van der Waals surface area contributed by atoms with Gasteiger partial charge in [0.05, 0.1) is 6.10 Å². The van der Waals surface area contributed by atoms with Crippen LogP contribution in [-0.2, 0) is 9.53 Å². The monoisotopic (exact) mass is 532 g/mol. The summed E-state index contributed by atoms with van der Waals surface area (Å²) in [5.74, 6) is 1.91. The summed E-state index contributed by atoms with van der Waals surface area (Å²) in [6, 6.07) is 1.01. The van der Waals surface area contributed by atoms with Crippen LogP contribution in [0.25, 0.3) is 0 Å². The maximum atomic E-state index is 12.5. The van der Waals surface area contributed by atoms with Gasteiger partial charge in [-0.3, -0.25) is 9.79 Å². The van der Waals surface area contributed by atoms with Crippen LogP contribution in [0.4, 0.5) is 0 Å². The van der Waals surface area contributed by atoms with Gasteiger partial charge in [0.15, 0.2) is 5.96 Å². The number of rotatable bonds is 5. The molecule has 1 amide bonds. The van der Waals surface area contributed by atoms with Gasteiger partial charge < -0.3 is 20.7 Å². The SMILES string of the molecule is CCN=C(NC1CCCC(C(=O)NC(C)C)C1)NC1C2CCOC2C12CCCC2.I. The fourth-order valence-electron chi connectivity index (χ4n) is 6.50. The fourth-order valence-corrected chi connectivity index (χ4v) is 6.50. The first-order valence-corrected chi connectivity index (χ1v) is 12.0. The zero-order chi connectivity index (χ0) is 20.4. The maximum absolute atomic E-state index is 12.5. The molecule has 0 bridgehead atoms. The highest BCUT2D eigenvalue weighted by atomic mass is 127. The van der Waals surface area contributed by atoms with Gasteiger partial charge >= 0.3 is 0 Å². The van der Waals surface area contributed by atoms with E-state index in [2.05, 4.69) is 22.9 Å². The molecule has 172 valence electrons. The van der Waals surface area contributed by atoms with Crippen LogP contribution in [0.5, 0.6) is 0 Å². The molecular formula is C23H41IN4O2. The van der Waals surface area contributed by atoms with Gasteiger partial charge in [-0.15, -0.1) is 24.0 Å². The number of carbonyl (C=O) groups is 1. The molecule has 5 atom stereocenters. The van der Waals surface area contributed by atoms with Gasteiger partial charge in [0.2, 0.25) is 5.91 Å². The largest absolute Gasteiger partial charge is 0.377 e. The number of hydrogen-bond acceptors (Lipinski definition) is 3. The van der Waals surface area contributed by atoms with Gasteiger partial charge in [-0.1, -0.05) is 19.3 Å². The molecule has 0 aromatic heterocycles. The Labute approximate surface area is 199 Å². The van der Waals surface area contributed by atoms with Crippen LogP contribution in [-0.4, -0.2) is 49.2 Å². The number of halogens is 1. The van der Waals surface area contributed by atoms with E-state index >= 15 is 0 Å². The Hall–Kier alpha value is -0.570. The third-order valence-corrected chi connectivity index (χ3v) is 7.71. The second kappa shape index (κ2) is 10.4. The predicted octanol–water partition coefficient (Wildman–Crippen LogP) is 3.59. The molecule has 4 aliphatic rings. The van der Waals surface area contributed by atoms with E-state index in [-0.39, 0.29) is 41.8 Å². The molecule has 4 rings (SSSR count). The second-order valence-corrected chi connectivity index (χ2v) is 10.00. The lowest BCUT2D eigenvalue weighted by Gasteiger charge is -2.57. The Balaban J connectivity index is 0.00000256. The number of hydrogen-bond donors (Lipinski definition) is 3. The highest BCUT2D eigenvalue weighted by Crippen LogP contribution is 2.60. The Morgan fingerprint density at radius 3 is 2.60 bits per heavy atom. The van der Waals surface area contributed by atoms with Crippen LogP contribution in [0, 0.1) is 17.3 Å². The van der Waals surface area contributed by atoms with Crippen molar-refractivity contribution >= 4 is 35.8 Å². The number of nitrogens with one attached hydrogen (secondary N) is 3. The van der Waals surface area contributed by atoms with E-state index in [4.69, 9.17) is 9.73 Å². The lowest BCUT2D eigenvalue weighted by atomic mass is 9.54. The molecule has 30 heavy (non-hydrogen) atoms. The summed E-state index contributed by atoms with van der Waals surface area (Å²) in [6.45, 7) is 7.84. The third-order valence-electron chi connectivity index (χ3n) is 7.71. The van der Waals surface area contributed by atoms with E-state index in [1.54, 1.807) is 0 Å². The molecule has 0 aromatic rings. The molecule has 1 heterocycles. The minimum absolute atomic E-state index is 0. The minimum atomic E-state index is 0. The van der Waals surface area contributed by atoms with Crippen LogP contribution in [0.1, 0.15) is 78.6 Å². The van der Waals surface area contributed by atoms with Gasteiger partial charge in [0.25, 0.3) is 0 Å². The van der Waals surface area contributed by atoms with Crippen molar-refractivity contribution in [1.29, 1.82) is 0 Å². The maximum Gasteiger partial charge on any atom is 0.223 e. The van der Waals surface area contributed by atoms with Crippen molar-refractivity contribution in [1.82, 2.24) is 16.0 Å². The molecule has 1 spiro atoms. The molecule has 4 fully saturated rings. The topological polar surface area (TPSA) is 74.8 Å². The Kier molecular flexibility index (Phi) is 8.32. The van der Waals surface area contributed by atoms with Crippen LogP contribution >= 0.6 is 24.0 Å². The average molecular weight is 533 g/mol. The van der Waals surface area contributed by atoms with Crippen molar-refractivity contribution in [3.8, 4) is 0 Å². The molecule has 3 N–H and O–H groups in total. The molecule has 1 saturated heterocycles. The zero-order valence-corrected chi connectivity index (χ0v) is 21.2. The first-order valence-electron chi connectivity index (χ1n) is 12.0. The third kappa shape index (κ3) is 4.76. The van der Waals surface area contributed by atoms with Crippen LogP contribution < -0.4 is 16.0 Å². The molecule has 3 saturated carbocycles. The fraction of sp³-hybridized carbons (Fsp3) is 0.913. The quantitative estimate of drug-likeness (QED) is 0.288. The van der Waals surface area contributed by atoms with E-state index in [0.29, 0.717) is 29.5 Å². The second-order valence-electron chi connectivity index (χ2n) is 10.00. The molecule has 3 aliphatic carbocycles. The van der Waals surface area contributed by atoms with Gasteiger partial charge in [-0.05, 0) is 59.3 Å². The zero-order valence-electron chi connectivity index (χ0n) is 18.9.